The van der Waals surface area contributed by atoms with Crippen LogP contribution in [0.1, 0.15) is 5.56 Å². The maximum atomic E-state index is 7.15. The van der Waals surface area contributed by atoms with Crippen LogP contribution in [0, 0.1) is 18.0 Å². The molecule has 0 aliphatic heterocycles. The van der Waals surface area contributed by atoms with Gasteiger partial charge >= 0.3 is 0 Å². The molecule has 0 amide bonds. The third-order valence-electron chi connectivity index (χ3n) is 1.90. The number of ether oxygens (including phenoxy) is 1. The molecule has 0 spiro atoms. The van der Waals surface area contributed by atoms with Crippen molar-refractivity contribution in [3.63, 3.8) is 0 Å². The highest BCUT2D eigenvalue weighted by Crippen LogP contribution is 2.30. The van der Waals surface area contributed by atoms with Crippen molar-refractivity contribution >= 4 is 13.8 Å². The first kappa shape index (κ1) is 12.4. The molecule has 82 valence electrons. The van der Waals surface area contributed by atoms with E-state index in [1.54, 1.807) is 13.2 Å². The first-order chi connectivity index (χ1) is 7.48. The number of hydrogen-bond donors (Lipinski definition) is 0. The van der Waals surface area contributed by atoms with Crippen LogP contribution >= 0.6 is 0 Å². The number of nitrogens with zero attached hydrogens (tertiary/aromatic N) is 1. The van der Waals surface area contributed by atoms with Crippen molar-refractivity contribution in [2.24, 2.45) is 0 Å². The summed E-state index contributed by atoms with van der Waals surface area (Å²) in [6, 6.07) is 5.51. The molecule has 0 fully saturated rings. The van der Waals surface area contributed by atoms with Crippen molar-refractivity contribution in [2.75, 3.05) is 7.11 Å². The van der Waals surface area contributed by atoms with Gasteiger partial charge in [-0.2, -0.15) is 0 Å². The molecule has 0 aliphatic carbocycles. The fraction of sp³-hybridized carbons (Fsp3) is 0.308. The lowest BCUT2D eigenvalue weighted by molar-refractivity contribution is 0.417. The van der Waals surface area contributed by atoms with E-state index in [1.165, 1.54) is 0 Å². The summed E-state index contributed by atoms with van der Waals surface area (Å²) < 4.78 is 5.14. The number of methoxy groups -OCH3 is 1. The zero-order valence-corrected chi connectivity index (χ0v) is 11.1. The molecule has 0 heterocycles. The Kier molecular flexibility index (Phi) is 3.76. The third-order valence-corrected chi connectivity index (χ3v) is 2.78. The molecule has 1 aromatic rings. The first-order valence-corrected chi connectivity index (χ1v) is 8.55. The van der Waals surface area contributed by atoms with Gasteiger partial charge in [0, 0.05) is 5.56 Å². The lowest BCUT2D eigenvalue weighted by atomic mass is 10.2. The summed E-state index contributed by atoms with van der Waals surface area (Å²) in [5, 5.41) is 0. The number of benzene rings is 1. The normalized spacial score (nSPS) is 9.94. The van der Waals surface area contributed by atoms with E-state index in [-0.39, 0.29) is 0 Å². The molecule has 3 heteroatoms. The van der Waals surface area contributed by atoms with Gasteiger partial charge in [0.1, 0.15) is 13.8 Å². The minimum atomic E-state index is -1.41. The van der Waals surface area contributed by atoms with Crippen molar-refractivity contribution in [2.45, 2.75) is 19.6 Å². The third kappa shape index (κ3) is 3.15. The quantitative estimate of drug-likeness (QED) is 0.408. The minimum absolute atomic E-state index is 0.510. The second-order valence-electron chi connectivity index (χ2n) is 4.47. The van der Waals surface area contributed by atoms with Gasteiger partial charge in [0.25, 0.3) is 0 Å². The Balaban J connectivity index is 3.24. The van der Waals surface area contributed by atoms with Gasteiger partial charge in [-0.25, -0.2) is 4.85 Å². The second kappa shape index (κ2) is 4.87. The predicted octanol–water partition coefficient (Wildman–Crippen LogP) is 3.47. The van der Waals surface area contributed by atoms with Crippen molar-refractivity contribution in [3.05, 3.63) is 35.2 Å². The van der Waals surface area contributed by atoms with E-state index in [0.717, 1.165) is 5.56 Å². The van der Waals surface area contributed by atoms with Gasteiger partial charge < -0.3 is 4.74 Å². The van der Waals surface area contributed by atoms with E-state index in [1.807, 2.05) is 12.1 Å². The van der Waals surface area contributed by atoms with Crippen molar-refractivity contribution < 1.29 is 4.74 Å². The molecule has 0 radical (unpaired) electrons. The van der Waals surface area contributed by atoms with Crippen LogP contribution in [0.5, 0.6) is 5.75 Å². The summed E-state index contributed by atoms with van der Waals surface area (Å²) in [6.45, 7) is 13.7. The van der Waals surface area contributed by atoms with Gasteiger partial charge in [-0.05, 0) is 6.07 Å². The van der Waals surface area contributed by atoms with E-state index in [9.17, 15) is 0 Å². The van der Waals surface area contributed by atoms with Crippen LogP contribution in [0.25, 0.3) is 4.85 Å². The lowest BCUT2D eigenvalue weighted by Gasteiger charge is -2.06. The molecule has 0 N–H and O–H groups in total. The van der Waals surface area contributed by atoms with Crippen LogP contribution in [0.15, 0.2) is 18.2 Å². The zero-order valence-electron chi connectivity index (χ0n) is 10.1. The van der Waals surface area contributed by atoms with Crippen molar-refractivity contribution in [3.8, 4) is 17.2 Å². The van der Waals surface area contributed by atoms with Gasteiger partial charge in [-0.1, -0.05) is 37.7 Å². The largest absolute Gasteiger partial charge is 0.508 e. The highest BCUT2D eigenvalue weighted by molar-refractivity contribution is 6.83. The van der Waals surface area contributed by atoms with Crippen LogP contribution in [0.4, 0.5) is 5.69 Å². The van der Waals surface area contributed by atoms with E-state index in [2.05, 4.69) is 36.0 Å². The summed E-state index contributed by atoms with van der Waals surface area (Å²) >= 11 is 0. The molecular weight excluding hydrogens is 214 g/mol. The molecule has 0 aromatic heterocycles. The molecule has 0 saturated carbocycles. The zero-order chi connectivity index (χ0) is 12.2. The van der Waals surface area contributed by atoms with Gasteiger partial charge in [-0.15, -0.1) is 5.54 Å². The summed E-state index contributed by atoms with van der Waals surface area (Å²) in [6.07, 6.45) is 0. The van der Waals surface area contributed by atoms with Crippen LogP contribution < -0.4 is 4.74 Å². The Morgan fingerprint density at radius 2 is 2.00 bits per heavy atom. The maximum Gasteiger partial charge on any atom is 0.243 e. The molecule has 0 aliphatic rings. The summed E-state index contributed by atoms with van der Waals surface area (Å²) in [5.74, 6) is 3.69. The van der Waals surface area contributed by atoms with Gasteiger partial charge in [0.2, 0.25) is 5.69 Å². The van der Waals surface area contributed by atoms with Crippen LogP contribution in [0.2, 0.25) is 19.6 Å². The smallest absolute Gasteiger partial charge is 0.243 e. The Morgan fingerprint density at radius 1 is 1.31 bits per heavy atom. The molecule has 2 nitrogen and oxygen atoms in total. The van der Waals surface area contributed by atoms with Gasteiger partial charge in [-0.3, -0.25) is 0 Å². The van der Waals surface area contributed by atoms with Crippen molar-refractivity contribution in [1.29, 1.82) is 0 Å². The number of rotatable bonds is 1. The van der Waals surface area contributed by atoms with Crippen molar-refractivity contribution in [1.82, 2.24) is 0 Å². The van der Waals surface area contributed by atoms with E-state index in [4.69, 9.17) is 11.3 Å². The molecule has 0 unspecified atom stereocenters. The molecule has 0 bridgehead atoms. The molecular formula is C13H15NOSi. The average Bonchev–Trinajstić information content (AvgIpc) is 2.24. The van der Waals surface area contributed by atoms with E-state index in [0.29, 0.717) is 11.4 Å². The highest BCUT2D eigenvalue weighted by Gasteiger charge is 2.10. The Morgan fingerprint density at radius 3 is 2.50 bits per heavy atom. The van der Waals surface area contributed by atoms with Gasteiger partial charge in [0.15, 0.2) is 0 Å². The average molecular weight is 229 g/mol. The van der Waals surface area contributed by atoms with Crippen LogP contribution in [-0.2, 0) is 0 Å². The predicted molar refractivity (Wildman–Crippen MR) is 69.5 cm³/mol. The van der Waals surface area contributed by atoms with Crippen LogP contribution in [-0.4, -0.2) is 15.2 Å². The lowest BCUT2D eigenvalue weighted by Crippen LogP contribution is -2.16. The number of hydrogen-bond acceptors (Lipinski definition) is 1. The molecule has 0 saturated heterocycles. The first-order valence-electron chi connectivity index (χ1n) is 5.05. The summed E-state index contributed by atoms with van der Waals surface area (Å²) in [7, 11) is 0.161. The van der Waals surface area contributed by atoms with Crippen LogP contribution in [0.3, 0.4) is 0 Å². The maximum absolute atomic E-state index is 7.15. The Bertz CT molecular complexity index is 483. The Hall–Kier alpha value is -1.71. The summed E-state index contributed by atoms with van der Waals surface area (Å²) in [5.41, 5.74) is 4.53. The highest BCUT2D eigenvalue weighted by atomic mass is 28.3. The number of para-hydroxylation sites is 1. The molecule has 1 aromatic carbocycles. The molecule has 16 heavy (non-hydrogen) atoms. The standard InChI is InChI=1S/C13H15NOSi/c1-14-13-11(9-10-16(3,4)5)7-6-8-12(13)15-2/h6-8H,2-5H3. The molecule has 1 rings (SSSR count). The minimum Gasteiger partial charge on any atom is -0.508 e. The fourth-order valence-corrected chi connectivity index (χ4v) is 1.67. The van der Waals surface area contributed by atoms with Gasteiger partial charge in [0.05, 0.1) is 13.7 Å². The van der Waals surface area contributed by atoms with E-state index < -0.39 is 8.07 Å². The SMILES string of the molecule is [C-]#[N+]c1c(C#C[Si](C)(C)C)cccc1OC. The van der Waals surface area contributed by atoms with E-state index >= 15 is 0 Å². The fourth-order valence-electron chi connectivity index (χ4n) is 1.16. The Labute approximate surface area is 98.1 Å². The molecule has 0 atom stereocenters. The second-order valence-corrected chi connectivity index (χ2v) is 9.22. The monoisotopic (exact) mass is 229 g/mol. The summed E-state index contributed by atoms with van der Waals surface area (Å²) in [4.78, 5) is 3.48. The topological polar surface area (TPSA) is 13.6 Å².